The second-order valence-electron chi connectivity index (χ2n) is 9.62. The van der Waals surface area contributed by atoms with Gasteiger partial charge in [-0.15, -0.1) is 0 Å². The monoisotopic (exact) mass is 461 g/mol. The van der Waals surface area contributed by atoms with Crippen LogP contribution >= 0.6 is 0 Å². The maximum absolute atomic E-state index is 13.0. The molecule has 2 aliphatic heterocycles. The van der Waals surface area contributed by atoms with Crippen LogP contribution in [0.1, 0.15) is 61.4 Å². The van der Waals surface area contributed by atoms with Crippen molar-refractivity contribution in [3.05, 3.63) is 16.8 Å². The quantitative estimate of drug-likeness (QED) is 0.722. The number of rotatable bonds is 5. The van der Waals surface area contributed by atoms with E-state index in [0.717, 1.165) is 56.7 Å². The van der Waals surface area contributed by atoms with E-state index >= 15 is 0 Å². The van der Waals surface area contributed by atoms with Crippen LogP contribution in [0.15, 0.2) is 0 Å². The van der Waals surface area contributed by atoms with E-state index in [1.165, 1.54) is 19.3 Å². The molecule has 3 heterocycles. The van der Waals surface area contributed by atoms with Crippen molar-refractivity contribution in [1.82, 2.24) is 14.4 Å². The highest BCUT2D eigenvalue weighted by atomic mass is 32.2. The van der Waals surface area contributed by atoms with Gasteiger partial charge in [0.15, 0.2) is 9.84 Å². The number of sulfone groups is 1. The summed E-state index contributed by atoms with van der Waals surface area (Å²) in [5.74, 6) is 1.13. The Bertz CT molecular complexity index is 996. The smallest absolute Gasteiger partial charge is 0.239 e. The zero-order valence-electron chi connectivity index (χ0n) is 19.3. The number of nitrogens with one attached hydrogen (secondary N) is 1. The largest absolute Gasteiger partial charge is 0.327 e. The summed E-state index contributed by atoms with van der Waals surface area (Å²) in [5.41, 5.74) is 2.60. The highest BCUT2D eigenvalue weighted by Gasteiger charge is 2.34. The van der Waals surface area contributed by atoms with Crippen molar-refractivity contribution in [3.8, 4) is 6.07 Å². The molecule has 176 valence electrons. The summed E-state index contributed by atoms with van der Waals surface area (Å²) in [7, 11) is -2.88. The van der Waals surface area contributed by atoms with E-state index in [2.05, 4.69) is 25.8 Å². The summed E-state index contributed by atoms with van der Waals surface area (Å²) in [6.07, 6.45) is 6.51. The number of hydrogen-bond donors (Lipinski definition) is 1. The lowest BCUT2D eigenvalue weighted by Gasteiger charge is -2.37. The third-order valence-corrected chi connectivity index (χ3v) is 9.32. The lowest BCUT2D eigenvalue weighted by molar-refractivity contribution is -0.117. The highest BCUT2D eigenvalue weighted by Crippen LogP contribution is 2.36. The summed E-state index contributed by atoms with van der Waals surface area (Å²) in [6.45, 7) is 7.36. The summed E-state index contributed by atoms with van der Waals surface area (Å²) in [6, 6.07) is 2.77. The van der Waals surface area contributed by atoms with E-state index < -0.39 is 9.84 Å². The molecule has 32 heavy (non-hydrogen) atoms. The number of anilines is 1. The summed E-state index contributed by atoms with van der Waals surface area (Å²) >= 11 is 0. The van der Waals surface area contributed by atoms with Gasteiger partial charge in [-0.2, -0.15) is 5.26 Å². The Morgan fingerprint density at radius 1 is 1.06 bits per heavy atom. The Kier molecular flexibility index (Phi) is 6.94. The molecule has 1 aliphatic carbocycles. The predicted molar refractivity (Wildman–Crippen MR) is 124 cm³/mol. The zero-order chi connectivity index (χ0) is 22.9. The Morgan fingerprint density at radius 2 is 1.75 bits per heavy atom. The van der Waals surface area contributed by atoms with E-state index in [-0.39, 0.29) is 24.2 Å². The van der Waals surface area contributed by atoms with Crippen molar-refractivity contribution < 1.29 is 13.2 Å². The minimum Gasteiger partial charge on any atom is -0.327 e. The average molecular weight is 462 g/mol. The van der Waals surface area contributed by atoms with Crippen molar-refractivity contribution in [2.75, 3.05) is 49.5 Å². The molecule has 3 aliphatic rings. The van der Waals surface area contributed by atoms with Gasteiger partial charge in [-0.3, -0.25) is 14.6 Å². The van der Waals surface area contributed by atoms with Gasteiger partial charge >= 0.3 is 0 Å². The van der Waals surface area contributed by atoms with Crippen LogP contribution < -0.4 is 5.32 Å². The molecule has 0 spiro atoms. The van der Waals surface area contributed by atoms with Gasteiger partial charge in [0.1, 0.15) is 11.9 Å². The number of nitriles is 1. The molecule has 0 radical (unpaired) electrons. The SMILES string of the molecule is Cc1c(C#N)c(NC(=O)CN2CCN([C@H]3CCS(=O)(=O)C3)CC2)n(C2CCCCC2)c1C. The third kappa shape index (κ3) is 4.87. The van der Waals surface area contributed by atoms with Crippen LogP contribution in [0.25, 0.3) is 0 Å². The number of amides is 1. The number of nitrogens with zero attached hydrogens (tertiary/aromatic N) is 4. The molecule has 8 nitrogen and oxygen atoms in total. The molecule has 1 atom stereocenters. The molecule has 1 amide bonds. The number of hydrogen-bond acceptors (Lipinski definition) is 6. The lowest BCUT2D eigenvalue weighted by atomic mass is 9.95. The standard InChI is InChI=1S/C23H35N5O3S/c1-17-18(2)28(19-6-4-3-5-7-19)23(21(17)14-24)25-22(29)15-26-9-11-27(12-10-26)20-8-13-32(30,31)16-20/h19-20H,3-13,15-16H2,1-2H3,(H,25,29)/t20-/m0/s1. The molecule has 3 fully saturated rings. The first-order valence-electron chi connectivity index (χ1n) is 11.9. The normalized spacial score (nSPS) is 25.0. The van der Waals surface area contributed by atoms with E-state index in [9.17, 15) is 18.5 Å². The first kappa shape index (κ1) is 23.3. The second kappa shape index (κ2) is 9.54. The van der Waals surface area contributed by atoms with Gasteiger partial charge in [0, 0.05) is 44.0 Å². The fourth-order valence-corrected chi connectivity index (χ4v) is 7.37. The van der Waals surface area contributed by atoms with Crippen LogP contribution in [0, 0.1) is 25.2 Å². The first-order chi connectivity index (χ1) is 15.3. The topological polar surface area (TPSA) is 98.4 Å². The fourth-order valence-electron chi connectivity index (χ4n) is 5.61. The van der Waals surface area contributed by atoms with Crippen LogP contribution in [0.4, 0.5) is 5.82 Å². The fraction of sp³-hybridized carbons (Fsp3) is 0.739. The third-order valence-electron chi connectivity index (χ3n) is 7.57. The predicted octanol–water partition coefficient (Wildman–Crippen LogP) is 2.23. The second-order valence-corrected chi connectivity index (χ2v) is 11.9. The van der Waals surface area contributed by atoms with Crippen molar-refractivity contribution in [2.24, 2.45) is 0 Å². The van der Waals surface area contributed by atoms with Crippen LogP contribution in [0.5, 0.6) is 0 Å². The average Bonchev–Trinajstić information content (AvgIpc) is 3.25. The number of piperazine rings is 1. The van der Waals surface area contributed by atoms with Gasteiger partial charge in [0.05, 0.1) is 23.6 Å². The van der Waals surface area contributed by atoms with Gasteiger partial charge in [0.2, 0.25) is 5.91 Å². The molecule has 1 N–H and O–H groups in total. The summed E-state index contributed by atoms with van der Waals surface area (Å²) < 4.78 is 25.7. The van der Waals surface area contributed by atoms with Crippen molar-refractivity contribution in [3.63, 3.8) is 0 Å². The molecule has 2 saturated heterocycles. The maximum atomic E-state index is 13.0. The van der Waals surface area contributed by atoms with E-state index in [0.29, 0.717) is 23.2 Å². The Hall–Kier alpha value is -1.89. The molecule has 9 heteroatoms. The Labute approximate surface area is 191 Å². The summed E-state index contributed by atoms with van der Waals surface area (Å²) in [5, 5.41) is 12.8. The molecule has 0 unspecified atom stereocenters. The molecule has 1 aromatic heterocycles. The minimum absolute atomic E-state index is 0.0899. The van der Waals surface area contributed by atoms with Gasteiger partial charge in [-0.05, 0) is 38.7 Å². The number of carbonyl (C=O) groups excluding carboxylic acids is 1. The molecule has 0 aromatic carbocycles. The van der Waals surface area contributed by atoms with Crippen molar-refractivity contribution in [1.29, 1.82) is 5.26 Å². The van der Waals surface area contributed by atoms with Crippen LogP contribution in [-0.4, -0.2) is 79.0 Å². The minimum atomic E-state index is -2.88. The van der Waals surface area contributed by atoms with Gasteiger partial charge in [0.25, 0.3) is 0 Å². The van der Waals surface area contributed by atoms with Crippen molar-refractivity contribution >= 4 is 21.6 Å². The molecular formula is C23H35N5O3S. The highest BCUT2D eigenvalue weighted by molar-refractivity contribution is 7.91. The van der Waals surface area contributed by atoms with Crippen LogP contribution in [0.2, 0.25) is 0 Å². The van der Waals surface area contributed by atoms with Crippen LogP contribution in [-0.2, 0) is 14.6 Å². The molecular weight excluding hydrogens is 426 g/mol. The number of carbonyl (C=O) groups is 1. The molecule has 4 rings (SSSR count). The summed E-state index contributed by atoms with van der Waals surface area (Å²) in [4.78, 5) is 17.3. The Morgan fingerprint density at radius 3 is 2.34 bits per heavy atom. The van der Waals surface area contributed by atoms with Crippen molar-refractivity contribution in [2.45, 2.75) is 64.5 Å². The zero-order valence-corrected chi connectivity index (χ0v) is 20.1. The first-order valence-corrected chi connectivity index (χ1v) is 13.7. The Balaban J connectivity index is 1.38. The van der Waals surface area contributed by atoms with Gasteiger partial charge < -0.3 is 9.88 Å². The molecule has 1 saturated carbocycles. The molecule has 0 bridgehead atoms. The van der Waals surface area contributed by atoms with Gasteiger partial charge in [-0.1, -0.05) is 19.3 Å². The van der Waals surface area contributed by atoms with Crippen LogP contribution in [0.3, 0.4) is 0 Å². The number of aromatic nitrogens is 1. The van der Waals surface area contributed by atoms with E-state index in [1.54, 1.807) is 0 Å². The van der Waals surface area contributed by atoms with E-state index in [4.69, 9.17) is 0 Å². The van der Waals surface area contributed by atoms with E-state index in [1.807, 2.05) is 13.8 Å². The maximum Gasteiger partial charge on any atom is 0.239 e. The lowest BCUT2D eigenvalue weighted by Crippen LogP contribution is -2.52. The molecule has 1 aromatic rings. The van der Waals surface area contributed by atoms with Gasteiger partial charge in [-0.25, -0.2) is 8.42 Å².